The molecule has 0 saturated heterocycles. The van der Waals surface area contributed by atoms with E-state index in [1.165, 1.54) is 0 Å². The Morgan fingerprint density at radius 3 is 2.40 bits per heavy atom. The van der Waals surface area contributed by atoms with Crippen molar-refractivity contribution in [2.45, 2.75) is 32.8 Å². The van der Waals surface area contributed by atoms with E-state index in [-0.39, 0.29) is 5.92 Å². The van der Waals surface area contributed by atoms with Crippen molar-refractivity contribution >= 4 is 5.97 Å². The molecule has 3 nitrogen and oxygen atoms in total. The summed E-state index contributed by atoms with van der Waals surface area (Å²) in [6, 6.07) is 0. The van der Waals surface area contributed by atoms with Crippen LogP contribution in [0.4, 0.5) is 0 Å². The molecule has 2 N–H and O–H groups in total. The fraction of sp³-hybridized carbons (Fsp3) is 0.857. The van der Waals surface area contributed by atoms with E-state index in [0.29, 0.717) is 6.42 Å². The Labute approximate surface area is 60.7 Å². The predicted molar refractivity (Wildman–Crippen MR) is 37.7 cm³/mol. The Kier molecular flexibility index (Phi) is 4.03. The van der Waals surface area contributed by atoms with Crippen LogP contribution in [0.5, 0.6) is 0 Å². The molecule has 0 heterocycles. The van der Waals surface area contributed by atoms with Gasteiger partial charge in [0.15, 0.2) is 6.10 Å². The van der Waals surface area contributed by atoms with Crippen LogP contribution in [0.3, 0.4) is 0 Å². The summed E-state index contributed by atoms with van der Waals surface area (Å²) in [6.07, 6.45) is 0.0749. The molecule has 0 saturated carbocycles. The van der Waals surface area contributed by atoms with Crippen molar-refractivity contribution in [3.05, 3.63) is 0 Å². The van der Waals surface area contributed by atoms with Gasteiger partial charge in [-0.15, -0.1) is 0 Å². The third kappa shape index (κ3) is 3.45. The van der Waals surface area contributed by atoms with Gasteiger partial charge in [-0.1, -0.05) is 20.3 Å². The highest BCUT2D eigenvalue weighted by Gasteiger charge is 2.15. The van der Waals surface area contributed by atoms with Crippen LogP contribution in [0.25, 0.3) is 0 Å². The van der Waals surface area contributed by atoms with E-state index >= 15 is 0 Å². The minimum absolute atomic E-state index is 0.283. The molecule has 0 aliphatic carbocycles. The van der Waals surface area contributed by atoms with Crippen molar-refractivity contribution in [3.8, 4) is 0 Å². The highest BCUT2D eigenvalue weighted by molar-refractivity contribution is 5.71. The number of rotatable bonds is 4. The molecule has 0 aromatic heterocycles. The summed E-state index contributed by atoms with van der Waals surface area (Å²) in [4.78, 5) is 10.1. The maximum Gasteiger partial charge on any atom is 0.332 e. The van der Waals surface area contributed by atoms with Crippen molar-refractivity contribution in [2.24, 2.45) is 5.92 Å². The van der Waals surface area contributed by atoms with Gasteiger partial charge in [0, 0.05) is 0 Å². The number of carboxylic acid groups (broad SMARTS) is 1. The highest BCUT2D eigenvalue weighted by Crippen LogP contribution is 2.09. The van der Waals surface area contributed by atoms with E-state index in [0.717, 1.165) is 6.42 Å². The van der Waals surface area contributed by atoms with E-state index in [1.807, 2.05) is 13.8 Å². The molecule has 2 unspecified atom stereocenters. The van der Waals surface area contributed by atoms with Crippen LogP contribution in [-0.2, 0) is 4.79 Å². The molecule has 0 amide bonds. The maximum absolute atomic E-state index is 10.1. The largest absolute Gasteiger partial charge is 0.479 e. The second kappa shape index (κ2) is 4.28. The normalized spacial score (nSPS) is 16.3. The number of hydrogen-bond donors (Lipinski definition) is 2. The Bertz CT molecular complexity index is 111. The molecule has 2 atom stereocenters. The number of carbonyl (C=O) groups is 1. The number of aliphatic hydroxyl groups excluding tert-OH is 1. The van der Waals surface area contributed by atoms with Gasteiger partial charge >= 0.3 is 5.97 Å². The van der Waals surface area contributed by atoms with Crippen LogP contribution in [0.15, 0.2) is 0 Å². The van der Waals surface area contributed by atoms with Crippen molar-refractivity contribution in [1.82, 2.24) is 0 Å². The van der Waals surface area contributed by atoms with Gasteiger partial charge in [-0.05, 0) is 12.3 Å². The topological polar surface area (TPSA) is 57.5 Å². The summed E-state index contributed by atoms with van der Waals surface area (Å²) in [5, 5.41) is 17.1. The van der Waals surface area contributed by atoms with Crippen LogP contribution in [0, 0.1) is 5.92 Å². The maximum atomic E-state index is 10.1. The molecule has 3 heteroatoms. The number of hydrogen-bond acceptors (Lipinski definition) is 2. The first-order chi connectivity index (χ1) is 4.57. The van der Waals surface area contributed by atoms with Gasteiger partial charge in [-0.3, -0.25) is 0 Å². The lowest BCUT2D eigenvalue weighted by atomic mass is 10.0. The Morgan fingerprint density at radius 1 is 1.60 bits per heavy atom. The van der Waals surface area contributed by atoms with Gasteiger partial charge in [0.2, 0.25) is 0 Å². The molecule has 60 valence electrons. The summed E-state index contributed by atoms with van der Waals surface area (Å²) in [7, 11) is 0. The average molecular weight is 146 g/mol. The minimum atomic E-state index is -1.19. The van der Waals surface area contributed by atoms with Gasteiger partial charge in [-0.2, -0.15) is 0 Å². The molecule has 10 heavy (non-hydrogen) atoms. The first kappa shape index (κ1) is 9.43. The molecule has 0 spiro atoms. The lowest BCUT2D eigenvalue weighted by Crippen LogP contribution is -2.21. The van der Waals surface area contributed by atoms with Crippen LogP contribution >= 0.6 is 0 Å². The van der Waals surface area contributed by atoms with Gasteiger partial charge in [-0.25, -0.2) is 4.79 Å². The van der Waals surface area contributed by atoms with Gasteiger partial charge < -0.3 is 10.2 Å². The number of aliphatic hydroxyl groups is 1. The standard InChI is InChI=1S/C7H14O3/c1-3-5(2)4-6(8)7(9)10/h5-6,8H,3-4H2,1-2H3,(H,9,10). The van der Waals surface area contributed by atoms with E-state index in [9.17, 15) is 4.79 Å². The summed E-state index contributed by atoms with van der Waals surface area (Å²) in [5.41, 5.74) is 0. The second-order valence-corrected chi connectivity index (χ2v) is 2.60. The summed E-state index contributed by atoms with van der Waals surface area (Å²) >= 11 is 0. The van der Waals surface area contributed by atoms with E-state index < -0.39 is 12.1 Å². The molecule has 0 aromatic carbocycles. The van der Waals surface area contributed by atoms with E-state index in [2.05, 4.69) is 0 Å². The molecule has 0 radical (unpaired) electrons. The number of carboxylic acids is 1. The van der Waals surface area contributed by atoms with Crippen molar-refractivity contribution in [3.63, 3.8) is 0 Å². The zero-order valence-electron chi connectivity index (χ0n) is 6.37. The Morgan fingerprint density at radius 2 is 2.10 bits per heavy atom. The fourth-order valence-electron chi connectivity index (χ4n) is 0.649. The summed E-state index contributed by atoms with van der Waals surface area (Å²) in [5.74, 6) is -0.841. The SMILES string of the molecule is CCC(C)CC(O)C(=O)O. The molecular formula is C7H14O3. The molecule has 0 fully saturated rings. The molecule has 0 aromatic rings. The van der Waals surface area contributed by atoms with Crippen LogP contribution < -0.4 is 0 Å². The molecule has 0 aliphatic rings. The highest BCUT2D eigenvalue weighted by atomic mass is 16.4. The van der Waals surface area contributed by atoms with Gasteiger partial charge in [0.1, 0.15) is 0 Å². The zero-order chi connectivity index (χ0) is 8.15. The van der Waals surface area contributed by atoms with E-state index in [4.69, 9.17) is 10.2 Å². The minimum Gasteiger partial charge on any atom is -0.479 e. The van der Waals surface area contributed by atoms with E-state index in [1.54, 1.807) is 0 Å². The summed E-state index contributed by atoms with van der Waals surface area (Å²) in [6.45, 7) is 3.89. The quantitative estimate of drug-likeness (QED) is 0.618. The van der Waals surface area contributed by atoms with Crippen LogP contribution in [0.2, 0.25) is 0 Å². The predicted octanol–water partition coefficient (Wildman–Crippen LogP) is 0.868. The van der Waals surface area contributed by atoms with Crippen molar-refractivity contribution in [1.29, 1.82) is 0 Å². The van der Waals surface area contributed by atoms with Gasteiger partial charge in [0.05, 0.1) is 0 Å². The zero-order valence-corrected chi connectivity index (χ0v) is 6.37. The number of aliphatic carboxylic acids is 1. The van der Waals surface area contributed by atoms with Crippen molar-refractivity contribution in [2.75, 3.05) is 0 Å². The molecule has 0 aliphatic heterocycles. The fourth-order valence-corrected chi connectivity index (χ4v) is 0.649. The third-order valence-corrected chi connectivity index (χ3v) is 1.61. The molecular weight excluding hydrogens is 132 g/mol. The first-order valence-corrected chi connectivity index (χ1v) is 3.48. The lowest BCUT2D eigenvalue weighted by Gasteiger charge is -2.09. The van der Waals surface area contributed by atoms with Crippen LogP contribution in [0.1, 0.15) is 26.7 Å². The Balaban J connectivity index is 3.56. The second-order valence-electron chi connectivity index (χ2n) is 2.60. The van der Waals surface area contributed by atoms with Crippen LogP contribution in [-0.4, -0.2) is 22.3 Å². The average Bonchev–Trinajstić information content (AvgIpc) is 1.87. The Hall–Kier alpha value is -0.570. The monoisotopic (exact) mass is 146 g/mol. The molecule has 0 rings (SSSR count). The smallest absolute Gasteiger partial charge is 0.332 e. The van der Waals surface area contributed by atoms with Crippen molar-refractivity contribution < 1.29 is 15.0 Å². The lowest BCUT2D eigenvalue weighted by molar-refractivity contribution is -0.147. The first-order valence-electron chi connectivity index (χ1n) is 3.48. The third-order valence-electron chi connectivity index (χ3n) is 1.61. The molecule has 0 bridgehead atoms. The van der Waals surface area contributed by atoms with Gasteiger partial charge in [0.25, 0.3) is 0 Å². The summed E-state index contributed by atoms with van der Waals surface area (Å²) < 4.78 is 0.